The van der Waals surface area contributed by atoms with Gasteiger partial charge in [0.1, 0.15) is 0 Å². The number of amides is 2. The van der Waals surface area contributed by atoms with E-state index in [0.29, 0.717) is 38.1 Å². The number of hydrogen-bond donors (Lipinski definition) is 1. The van der Waals surface area contributed by atoms with Crippen molar-refractivity contribution in [2.24, 2.45) is 17.8 Å². The first-order chi connectivity index (χ1) is 10.7. The van der Waals surface area contributed by atoms with Crippen LogP contribution in [0, 0.1) is 17.8 Å². The maximum Gasteiger partial charge on any atom is 0.242 e. The Balaban J connectivity index is 1.47. The predicted molar refractivity (Wildman–Crippen MR) is 82.2 cm³/mol. The second-order valence-corrected chi connectivity index (χ2v) is 6.73. The number of rotatable bonds is 5. The van der Waals surface area contributed by atoms with E-state index in [1.165, 1.54) is 12.8 Å². The lowest BCUT2D eigenvalue weighted by atomic mass is 9.92. The highest BCUT2D eigenvalue weighted by molar-refractivity contribution is 5.88. The van der Waals surface area contributed by atoms with E-state index in [-0.39, 0.29) is 24.3 Å². The van der Waals surface area contributed by atoms with E-state index in [1.807, 2.05) is 0 Å². The second-order valence-electron chi connectivity index (χ2n) is 6.73. The van der Waals surface area contributed by atoms with Crippen LogP contribution in [0.5, 0.6) is 0 Å². The third kappa shape index (κ3) is 3.43. The van der Waals surface area contributed by atoms with Crippen molar-refractivity contribution in [2.45, 2.75) is 19.3 Å². The SMILES string of the molecule is COCCN1CCN(C(=O)[C@@H]2C[C@H]2C2CCNCC2)CC1=O. The van der Waals surface area contributed by atoms with Crippen LogP contribution < -0.4 is 5.32 Å². The van der Waals surface area contributed by atoms with E-state index in [9.17, 15) is 9.59 Å². The van der Waals surface area contributed by atoms with Gasteiger partial charge in [0.2, 0.25) is 11.8 Å². The fourth-order valence-electron chi connectivity index (χ4n) is 3.86. The number of ether oxygens (including phenoxy) is 1. The first-order valence-electron chi connectivity index (χ1n) is 8.47. The van der Waals surface area contributed by atoms with Gasteiger partial charge in [0.25, 0.3) is 0 Å². The van der Waals surface area contributed by atoms with Gasteiger partial charge in [-0.15, -0.1) is 0 Å². The average Bonchev–Trinajstić information content (AvgIpc) is 3.34. The molecular weight excluding hydrogens is 282 g/mol. The number of piperazine rings is 1. The summed E-state index contributed by atoms with van der Waals surface area (Å²) in [7, 11) is 1.64. The van der Waals surface area contributed by atoms with Crippen LogP contribution in [0.3, 0.4) is 0 Å². The summed E-state index contributed by atoms with van der Waals surface area (Å²) in [5, 5.41) is 3.38. The van der Waals surface area contributed by atoms with Crippen molar-refractivity contribution in [3.8, 4) is 0 Å². The molecule has 1 N–H and O–H groups in total. The molecule has 0 aromatic rings. The van der Waals surface area contributed by atoms with Crippen LogP contribution in [0.15, 0.2) is 0 Å². The molecule has 3 fully saturated rings. The number of hydrogen-bond acceptors (Lipinski definition) is 4. The van der Waals surface area contributed by atoms with E-state index in [0.717, 1.165) is 19.5 Å². The van der Waals surface area contributed by atoms with E-state index in [1.54, 1.807) is 16.9 Å². The van der Waals surface area contributed by atoms with Crippen LogP contribution in [-0.2, 0) is 14.3 Å². The fraction of sp³-hybridized carbons (Fsp3) is 0.875. The minimum absolute atomic E-state index is 0.0516. The molecule has 0 bridgehead atoms. The molecule has 124 valence electrons. The van der Waals surface area contributed by atoms with Gasteiger partial charge in [0, 0.05) is 32.7 Å². The lowest BCUT2D eigenvalue weighted by Crippen LogP contribution is -2.53. The Kier molecular flexibility index (Phi) is 4.98. The number of carbonyl (C=O) groups excluding carboxylic acids is 2. The monoisotopic (exact) mass is 309 g/mol. The first kappa shape index (κ1) is 15.7. The standard InChI is InChI=1S/C16H27N3O3/c1-22-9-8-18-6-7-19(11-15(18)20)16(21)14-10-13(14)12-2-4-17-5-3-12/h12-14,17H,2-11H2,1H3/t13-,14+/m0/s1. The lowest BCUT2D eigenvalue weighted by Gasteiger charge is -2.34. The summed E-state index contributed by atoms with van der Waals surface area (Å²) in [6, 6.07) is 0. The quantitative estimate of drug-likeness (QED) is 0.773. The van der Waals surface area contributed by atoms with Crippen molar-refractivity contribution in [1.82, 2.24) is 15.1 Å². The molecule has 22 heavy (non-hydrogen) atoms. The molecule has 0 unspecified atom stereocenters. The smallest absolute Gasteiger partial charge is 0.242 e. The molecule has 2 aliphatic heterocycles. The van der Waals surface area contributed by atoms with Crippen LogP contribution in [0.2, 0.25) is 0 Å². The summed E-state index contributed by atoms with van der Waals surface area (Å²) in [6.07, 6.45) is 3.41. The number of piperidine rings is 1. The molecule has 1 saturated carbocycles. The Labute approximate surface area is 132 Å². The number of nitrogens with zero attached hydrogens (tertiary/aromatic N) is 2. The van der Waals surface area contributed by atoms with Gasteiger partial charge < -0.3 is 19.9 Å². The highest BCUT2D eigenvalue weighted by atomic mass is 16.5. The molecule has 3 rings (SSSR count). The zero-order valence-corrected chi connectivity index (χ0v) is 13.4. The first-order valence-corrected chi connectivity index (χ1v) is 8.47. The molecule has 2 saturated heterocycles. The fourth-order valence-corrected chi connectivity index (χ4v) is 3.86. The molecule has 2 heterocycles. The Bertz CT molecular complexity index is 423. The zero-order chi connectivity index (χ0) is 15.5. The van der Waals surface area contributed by atoms with Crippen molar-refractivity contribution in [2.75, 3.05) is 53.0 Å². The average molecular weight is 309 g/mol. The van der Waals surface area contributed by atoms with Crippen LogP contribution >= 0.6 is 0 Å². The van der Waals surface area contributed by atoms with Crippen molar-refractivity contribution < 1.29 is 14.3 Å². The zero-order valence-electron chi connectivity index (χ0n) is 13.4. The molecule has 0 spiro atoms. The van der Waals surface area contributed by atoms with Gasteiger partial charge in [-0.1, -0.05) is 0 Å². The van der Waals surface area contributed by atoms with Crippen LogP contribution in [0.25, 0.3) is 0 Å². The van der Waals surface area contributed by atoms with Gasteiger partial charge in [-0.3, -0.25) is 9.59 Å². The van der Waals surface area contributed by atoms with Gasteiger partial charge >= 0.3 is 0 Å². The number of nitrogens with one attached hydrogen (secondary N) is 1. The summed E-state index contributed by atoms with van der Waals surface area (Å²) >= 11 is 0. The van der Waals surface area contributed by atoms with Crippen molar-refractivity contribution >= 4 is 11.8 Å². The summed E-state index contributed by atoms with van der Waals surface area (Å²) in [6.45, 7) is 4.90. The molecule has 3 aliphatic rings. The van der Waals surface area contributed by atoms with E-state index in [4.69, 9.17) is 4.74 Å². The number of carbonyl (C=O) groups is 2. The Morgan fingerprint density at radius 3 is 2.77 bits per heavy atom. The van der Waals surface area contributed by atoms with Crippen LogP contribution in [0.4, 0.5) is 0 Å². The highest BCUT2D eigenvalue weighted by Gasteiger charge is 2.49. The minimum Gasteiger partial charge on any atom is -0.383 e. The molecule has 0 aromatic heterocycles. The molecular formula is C16H27N3O3. The van der Waals surface area contributed by atoms with E-state index >= 15 is 0 Å². The lowest BCUT2D eigenvalue weighted by molar-refractivity contribution is -0.146. The van der Waals surface area contributed by atoms with E-state index < -0.39 is 0 Å². The van der Waals surface area contributed by atoms with Gasteiger partial charge in [0.05, 0.1) is 13.2 Å². The maximum absolute atomic E-state index is 12.6. The normalized spacial score (nSPS) is 29.8. The van der Waals surface area contributed by atoms with Gasteiger partial charge in [-0.25, -0.2) is 0 Å². The highest BCUT2D eigenvalue weighted by Crippen LogP contribution is 2.48. The Hall–Kier alpha value is -1.14. The third-order valence-electron chi connectivity index (χ3n) is 5.34. The van der Waals surface area contributed by atoms with Crippen LogP contribution in [0.1, 0.15) is 19.3 Å². The molecule has 1 aliphatic carbocycles. The summed E-state index contributed by atoms with van der Waals surface area (Å²) in [5.41, 5.74) is 0. The van der Waals surface area contributed by atoms with Crippen molar-refractivity contribution in [1.29, 1.82) is 0 Å². The maximum atomic E-state index is 12.6. The summed E-state index contributed by atoms with van der Waals surface area (Å²) in [4.78, 5) is 28.3. The van der Waals surface area contributed by atoms with Gasteiger partial charge in [0.15, 0.2) is 0 Å². The predicted octanol–water partition coefficient (Wildman–Crippen LogP) is -0.0607. The molecule has 2 amide bonds. The minimum atomic E-state index is 0.0516. The van der Waals surface area contributed by atoms with Gasteiger partial charge in [-0.05, 0) is 44.2 Å². The molecule has 6 nitrogen and oxygen atoms in total. The van der Waals surface area contributed by atoms with Crippen LogP contribution in [-0.4, -0.2) is 74.6 Å². The molecule has 2 atom stereocenters. The Morgan fingerprint density at radius 2 is 2.09 bits per heavy atom. The van der Waals surface area contributed by atoms with Gasteiger partial charge in [-0.2, -0.15) is 0 Å². The molecule has 6 heteroatoms. The number of methoxy groups -OCH3 is 1. The summed E-state index contributed by atoms with van der Waals surface area (Å²) < 4.78 is 5.02. The van der Waals surface area contributed by atoms with Crippen molar-refractivity contribution in [3.63, 3.8) is 0 Å². The Morgan fingerprint density at radius 1 is 1.32 bits per heavy atom. The largest absolute Gasteiger partial charge is 0.383 e. The van der Waals surface area contributed by atoms with E-state index in [2.05, 4.69) is 5.32 Å². The molecule has 0 aromatic carbocycles. The summed E-state index contributed by atoms with van der Waals surface area (Å²) in [5.74, 6) is 1.71. The third-order valence-corrected chi connectivity index (χ3v) is 5.34. The molecule has 0 radical (unpaired) electrons. The van der Waals surface area contributed by atoms with Crippen molar-refractivity contribution in [3.05, 3.63) is 0 Å². The second kappa shape index (κ2) is 6.96. The topological polar surface area (TPSA) is 61.9 Å².